The summed E-state index contributed by atoms with van der Waals surface area (Å²) >= 11 is 0. The Hall–Kier alpha value is -1.29. The maximum atomic E-state index is 11.7. The summed E-state index contributed by atoms with van der Waals surface area (Å²) in [6.07, 6.45) is 1.74. The smallest absolute Gasteiger partial charge is 0.250 e. The van der Waals surface area contributed by atoms with Gasteiger partial charge in [0.25, 0.3) is 5.56 Å². The Morgan fingerprint density at radius 1 is 1.38 bits per heavy atom. The van der Waals surface area contributed by atoms with Gasteiger partial charge >= 0.3 is 0 Å². The van der Waals surface area contributed by atoms with Gasteiger partial charge in [-0.05, 0) is 25.6 Å². The van der Waals surface area contributed by atoms with Crippen LogP contribution in [0.5, 0.6) is 0 Å². The molecule has 0 saturated carbocycles. The molecule has 0 spiro atoms. The lowest BCUT2D eigenvalue weighted by molar-refractivity contribution is 0.289. The van der Waals surface area contributed by atoms with Crippen molar-refractivity contribution < 1.29 is 0 Å². The van der Waals surface area contributed by atoms with Crippen molar-refractivity contribution in [2.75, 3.05) is 25.4 Å². The molecule has 0 atom stereocenters. The summed E-state index contributed by atoms with van der Waals surface area (Å²) in [7, 11) is 0. The molecule has 0 radical (unpaired) electrons. The average Bonchev–Trinajstić information content (AvgIpc) is 2.26. The summed E-state index contributed by atoms with van der Waals surface area (Å²) in [5.41, 5.74) is 7.35. The van der Waals surface area contributed by atoms with E-state index in [-0.39, 0.29) is 5.56 Å². The quantitative estimate of drug-likeness (QED) is 0.812. The standard InChI is InChI=1S/C12H21N3O/c1-4-14(5-2)6-7-15-9-11(13)10(3)8-12(15)16/h8-9H,4-7,13H2,1-3H3. The lowest BCUT2D eigenvalue weighted by Gasteiger charge is -2.18. The Kier molecular flexibility index (Phi) is 4.55. The Balaban J connectivity index is 2.74. The lowest BCUT2D eigenvalue weighted by Crippen LogP contribution is -2.30. The second-order valence-corrected chi connectivity index (χ2v) is 3.97. The van der Waals surface area contributed by atoms with Gasteiger partial charge in [-0.25, -0.2) is 0 Å². The minimum absolute atomic E-state index is 0.0267. The predicted molar refractivity (Wildman–Crippen MR) is 67.6 cm³/mol. The van der Waals surface area contributed by atoms with Crippen LogP contribution in [-0.2, 0) is 6.54 Å². The minimum atomic E-state index is 0.0267. The third-order valence-electron chi connectivity index (χ3n) is 2.92. The molecule has 4 nitrogen and oxygen atoms in total. The minimum Gasteiger partial charge on any atom is -0.397 e. The summed E-state index contributed by atoms with van der Waals surface area (Å²) < 4.78 is 1.68. The average molecular weight is 223 g/mol. The molecular formula is C12H21N3O. The van der Waals surface area contributed by atoms with E-state index in [1.165, 1.54) is 0 Å². The molecule has 0 fully saturated rings. The number of nitrogens with two attached hydrogens (primary N) is 1. The van der Waals surface area contributed by atoms with Crippen molar-refractivity contribution >= 4 is 5.69 Å². The van der Waals surface area contributed by atoms with Gasteiger partial charge in [-0.15, -0.1) is 0 Å². The number of aromatic nitrogens is 1. The van der Waals surface area contributed by atoms with Gasteiger partial charge in [-0.3, -0.25) is 4.79 Å². The van der Waals surface area contributed by atoms with Gasteiger partial charge in [0.05, 0.1) is 5.69 Å². The molecule has 90 valence electrons. The van der Waals surface area contributed by atoms with E-state index in [2.05, 4.69) is 18.7 Å². The molecule has 0 aliphatic heterocycles. The van der Waals surface area contributed by atoms with E-state index < -0.39 is 0 Å². The number of likely N-dealkylation sites (N-methyl/N-ethyl adjacent to an activating group) is 1. The van der Waals surface area contributed by atoms with E-state index >= 15 is 0 Å². The SMILES string of the molecule is CCN(CC)CCn1cc(N)c(C)cc1=O. The first-order valence-corrected chi connectivity index (χ1v) is 5.77. The first-order chi connectivity index (χ1) is 7.58. The highest BCUT2D eigenvalue weighted by Gasteiger charge is 2.03. The van der Waals surface area contributed by atoms with Crippen LogP contribution in [0, 0.1) is 6.92 Å². The zero-order valence-corrected chi connectivity index (χ0v) is 10.4. The molecule has 1 rings (SSSR count). The second kappa shape index (κ2) is 5.70. The van der Waals surface area contributed by atoms with Crippen LogP contribution in [0.2, 0.25) is 0 Å². The van der Waals surface area contributed by atoms with E-state index in [0.717, 1.165) is 25.2 Å². The van der Waals surface area contributed by atoms with Gasteiger partial charge in [0, 0.05) is 25.4 Å². The molecule has 16 heavy (non-hydrogen) atoms. The number of pyridine rings is 1. The fourth-order valence-corrected chi connectivity index (χ4v) is 1.65. The fraction of sp³-hybridized carbons (Fsp3) is 0.583. The van der Waals surface area contributed by atoms with Crippen molar-refractivity contribution in [1.29, 1.82) is 0 Å². The van der Waals surface area contributed by atoms with Crippen LogP contribution in [-0.4, -0.2) is 29.1 Å². The van der Waals surface area contributed by atoms with Crippen molar-refractivity contribution in [3.63, 3.8) is 0 Å². The zero-order chi connectivity index (χ0) is 12.1. The van der Waals surface area contributed by atoms with Gasteiger partial charge < -0.3 is 15.2 Å². The van der Waals surface area contributed by atoms with Gasteiger partial charge in [0.2, 0.25) is 0 Å². The van der Waals surface area contributed by atoms with E-state index in [9.17, 15) is 4.79 Å². The summed E-state index contributed by atoms with van der Waals surface area (Å²) in [5, 5.41) is 0. The summed E-state index contributed by atoms with van der Waals surface area (Å²) in [6, 6.07) is 1.59. The second-order valence-electron chi connectivity index (χ2n) is 3.97. The van der Waals surface area contributed by atoms with E-state index in [1.54, 1.807) is 16.8 Å². The van der Waals surface area contributed by atoms with E-state index in [4.69, 9.17) is 5.73 Å². The van der Waals surface area contributed by atoms with Crippen LogP contribution < -0.4 is 11.3 Å². The molecule has 2 N–H and O–H groups in total. The number of anilines is 1. The Labute approximate surface area is 96.7 Å². The number of rotatable bonds is 5. The van der Waals surface area contributed by atoms with Crippen molar-refractivity contribution in [2.24, 2.45) is 0 Å². The highest BCUT2D eigenvalue weighted by molar-refractivity contribution is 5.42. The monoisotopic (exact) mass is 223 g/mol. The van der Waals surface area contributed by atoms with Crippen LogP contribution >= 0.6 is 0 Å². The molecule has 1 aromatic rings. The highest BCUT2D eigenvalue weighted by atomic mass is 16.1. The topological polar surface area (TPSA) is 51.3 Å². The Morgan fingerprint density at radius 2 is 2.00 bits per heavy atom. The lowest BCUT2D eigenvalue weighted by atomic mass is 10.2. The number of nitrogens with zero attached hydrogens (tertiary/aromatic N) is 2. The first kappa shape index (κ1) is 12.8. The zero-order valence-electron chi connectivity index (χ0n) is 10.4. The third-order valence-corrected chi connectivity index (χ3v) is 2.92. The molecule has 0 aliphatic rings. The predicted octanol–water partition coefficient (Wildman–Crippen LogP) is 1.08. The van der Waals surface area contributed by atoms with Crippen molar-refractivity contribution in [2.45, 2.75) is 27.3 Å². The first-order valence-electron chi connectivity index (χ1n) is 5.77. The number of hydrogen-bond donors (Lipinski definition) is 1. The molecule has 1 heterocycles. The number of aryl methyl sites for hydroxylation is 1. The Bertz CT molecular complexity index is 394. The molecule has 0 unspecified atom stereocenters. The molecule has 0 bridgehead atoms. The van der Waals surface area contributed by atoms with Gasteiger partial charge in [-0.1, -0.05) is 13.8 Å². The third kappa shape index (κ3) is 3.10. The summed E-state index contributed by atoms with van der Waals surface area (Å²) in [4.78, 5) is 14.0. The van der Waals surface area contributed by atoms with E-state index in [0.29, 0.717) is 12.2 Å². The van der Waals surface area contributed by atoms with Gasteiger partial charge in [0.15, 0.2) is 0 Å². The maximum absolute atomic E-state index is 11.7. The summed E-state index contributed by atoms with van der Waals surface area (Å²) in [6.45, 7) is 9.69. The molecular weight excluding hydrogens is 202 g/mol. The van der Waals surface area contributed by atoms with Crippen LogP contribution in [0.1, 0.15) is 19.4 Å². The molecule has 0 amide bonds. The molecule has 4 heteroatoms. The van der Waals surface area contributed by atoms with Crippen LogP contribution in [0.4, 0.5) is 5.69 Å². The number of nitrogen functional groups attached to an aromatic ring is 1. The van der Waals surface area contributed by atoms with E-state index in [1.807, 2.05) is 6.92 Å². The molecule has 0 aliphatic carbocycles. The molecule has 0 saturated heterocycles. The molecule has 0 aromatic carbocycles. The summed E-state index contributed by atoms with van der Waals surface area (Å²) in [5.74, 6) is 0. The van der Waals surface area contributed by atoms with Gasteiger partial charge in [0.1, 0.15) is 0 Å². The maximum Gasteiger partial charge on any atom is 0.250 e. The molecule has 1 aromatic heterocycles. The van der Waals surface area contributed by atoms with Crippen molar-refractivity contribution in [3.8, 4) is 0 Å². The largest absolute Gasteiger partial charge is 0.397 e. The van der Waals surface area contributed by atoms with Crippen molar-refractivity contribution in [3.05, 3.63) is 28.2 Å². The fourth-order valence-electron chi connectivity index (χ4n) is 1.65. The Morgan fingerprint density at radius 3 is 2.56 bits per heavy atom. The van der Waals surface area contributed by atoms with Crippen LogP contribution in [0.25, 0.3) is 0 Å². The van der Waals surface area contributed by atoms with Crippen LogP contribution in [0.3, 0.4) is 0 Å². The number of hydrogen-bond acceptors (Lipinski definition) is 3. The van der Waals surface area contributed by atoms with Gasteiger partial charge in [-0.2, -0.15) is 0 Å². The van der Waals surface area contributed by atoms with Crippen LogP contribution in [0.15, 0.2) is 17.1 Å². The normalized spacial score (nSPS) is 11.0. The highest BCUT2D eigenvalue weighted by Crippen LogP contribution is 2.05. The van der Waals surface area contributed by atoms with Crippen molar-refractivity contribution in [1.82, 2.24) is 9.47 Å².